The maximum atomic E-state index is 11.7. The second-order valence-electron chi connectivity index (χ2n) is 3.48. The fourth-order valence-corrected chi connectivity index (χ4v) is 2.80. The summed E-state index contributed by atoms with van der Waals surface area (Å²) in [4.78, 5) is 23.6. The van der Waals surface area contributed by atoms with Gasteiger partial charge in [0.1, 0.15) is 4.88 Å². The van der Waals surface area contributed by atoms with Gasteiger partial charge in [-0.05, 0) is 6.07 Å². The van der Waals surface area contributed by atoms with E-state index in [1.165, 1.54) is 18.4 Å². The molecule has 0 aliphatic heterocycles. The van der Waals surface area contributed by atoms with Crippen LogP contribution in [0.15, 0.2) is 24.3 Å². The van der Waals surface area contributed by atoms with E-state index in [4.69, 9.17) is 4.74 Å². The minimum Gasteiger partial charge on any atom is -0.465 e. The molecule has 6 heteroatoms. The van der Waals surface area contributed by atoms with E-state index in [-0.39, 0.29) is 11.2 Å². The van der Waals surface area contributed by atoms with Crippen LogP contribution in [0.3, 0.4) is 0 Å². The minimum absolute atomic E-state index is 0.178. The van der Waals surface area contributed by atoms with Gasteiger partial charge >= 0.3 is 5.97 Å². The number of anilines is 1. The molecule has 1 aromatic carbocycles. The number of benzene rings is 1. The Bertz CT molecular complexity index is 608. The lowest BCUT2D eigenvalue weighted by atomic mass is 10.2. The number of carbonyl (C=O) groups is 2. The molecule has 1 heterocycles. The Kier molecular flexibility index (Phi) is 3.98. The molecule has 2 rings (SSSR count). The smallest absolute Gasteiger partial charge is 0.350 e. The number of halogens is 1. The first-order valence-corrected chi connectivity index (χ1v) is 7.06. The van der Waals surface area contributed by atoms with E-state index in [0.717, 1.165) is 10.1 Å². The van der Waals surface area contributed by atoms with Crippen molar-refractivity contribution in [3.8, 4) is 0 Å². The molecule has 0 radical (unpaired) electrons. The average Bonchev–Trinajstić information content (AvgIpc) is 2.77. The van der Waals surface area contributed by atoms with Gasteiger partial charge in [0.05, 0.1) is 18.1 Å². The molecule has 0 saturated carbocycles. The molecule has 0 atom stereocenters. The Hall–Kier alpha value is -1.40. The van der Waals surface area contributed by atoms with Crippen molar-refractivity contribution in [2.75, 3.05) is 17.8 Å². The van der Waals surface area contributed by atoms with E-state index in [2.05, 4.69) is 21.2 Å². The molecule has 0 spiro atoms. The van der Waals surface area contributed by atoms with Crippen molar-refractivity contribution in [1.29, 1.82) is 0 Å². The first-order valence-electron chi connectivity index (χ1n) is 5.13. The van der Waals surface area contributed by atoms with Crippen molar-refractivity contribution >= 4 is 54.9 Å². The van der Waals surface area contributed by atoms with Crippen LogP contribution in [-0.4, -0.2) is 24.3 Å². The summed E-state index contributed by atoms with van der Waals surface area (Å²) in [6.07, 6.45) is 0. The summed E-state index contributed by atoms with van der Waals surface area (Å²) in [7, 11) is 1.32. The summed E-state index contributed by atoms with van der Waals surface area (Å²) >= 11 is 4.38. The number of amides is 1. The first kappa shape index (κ1) is 13.0. The number of ether oxygens (including phenoxy) is 1. The summed E-state index contributed by atoms with van der Waals surface area (Å²) in [5.74, 6) is -0.648. The predicted octanol–water partition coefficient (Wildman–Crippen LogP) is 3.02. The van der Waals surface area contributed by atoms with Crippen LogP contribution in [0.2, 0.25) is 0 Å². The molecule has 0 saturated heterocycles. The Morgan fingerprint density at radius 3 is 2.78 bits per heavy atom. The average molecular weight is 328 g/mol. The third-order valence-corrected chi connectivity index (χ3v) is 4.01. The number of hydrogen-bond donors (Lipinski definition) is 1. The van der Waals surface area contributed by atoms with Gasteiger partial charge in [0.15, 0.2) is 0 Å². The highest BCUT2D eigenvalue weighted by atomic mass is 79.9. The summed E-state index contributed by atoms with van der Waals surface area (Å²) in [5, 5.41) is 3.75. The van der Waals surface area contributed by atoms with Crippen LogP contribution in [0.5, 0.6) is 0 Å². The highest BCUT2D eigenvalue weighted by Gasteiger charge is 2.20. The topological polar surface area (TPSA) is 55.4 Å². The lowest BCUT2D eigenvalue weighted by Crippen LogP contribution is -2.14. The molecule has 94 valence electrons. The van der Waals surface area contributed by atoms with Crippen molar-refractivity contribution < 1.29 is 14.3 Å². The molecule has 0 aliphatic rings. The Morgan fingerprint density at radius 2 is 2.11 bits per heavy atom. The number of hydrogen-bond acceptors (Lipinski definition) is 4. The van der Waals surface area contributed by atoms with Gasteiger partial charge in [0.25, 0.3) is 0 Å². The van der Waals surface area contributed by atoms with E-state index >= 15 is 0 Å². The maximum Gasteiger partial charge on any atom is 0.350 e. The largest absolute Gasteiger partial charge is 0.465 e. The number of carbonyl (C=O) groups excluding carboxylic acids is 2. The molecular weight excluding hydrogens is 318 g/mol. The van der Waals surface area contributed by atoms with Crippen LogP contribution in [0.4, 0.5) is 5.69 Å². The lowest BCUT2D eigenvalue weighted by molar-refractivity contribution is -0.113. The third kappa shape index (κ3) is 2.39. The lowest BCUT2D eigenvalue weighted by Gasteiger charge is -2.04. The number of rotatable bonds is 3. The molecule has 2 aromatic rings. The van der Waals surface area contributed by atoms with E-state index in [0.29, 0.717) is 10.6 Å². The molecule has 1 amide bonds. The van der Waals surface area contributed by atoms with Gasteiger partial charge in [-0.25, -0.2) is 4.79 Å². The predicted molar refractivity (Wildman–Crippen MR) is 75.6 cm³/mol. The van der Waals surface area contributed by atoms with E-state index < -0.39 is 5.97 Å². The monoisotopic (exact) mass is 327 g/mol. The van der Waals surface area contributed by atoms with Crippen molar-refractivity contribution in [3.63, 3.8) is 0 Å². The molecule has 1 aromatic heterocycles. The van der Waals surface area contributed by atoms with Gasteiger partial charge < -0.3 is 10.1 Å². The van der Waals surface area contributed by atoms with Crippen LogP contribution >= 0.6 is 27.3 Å². The summed E-state index contributed by atoms with van der Waals surface area (Å²) in [5.41, 5.74) is 0.520. The van der Waals surface area contributed by atoms with Crippen LogP contribution < -0.4 is 5.32 Å². The Labute approximate surface area is 116 Å². The van der Waals surface area contributed by atoms with Crippen molar-refractivity contribution in [1.82, 2.24) is 0 Å². The number of nitrogens with one attached hydrogen (secondary N) is 1. The summed E-state index contributed by atoms with van der Waals surface area (Å²) in [6.45, 7) is 0. The molecule has 0 fully saturated rings. The quantitative estimate of drug-likeness (QED) is 0.696. The van der Waals surface area contributed by atoms with Crippen molar-refractivity contribution in [2.45, 2.75) is 0 Å². The fraction of sp³-hybridized carbons (Fsp3) is 0.167. The first-order chi connectivity index (χ1) is 8.67. The van der Waals surface area contributed by atoms with Gasteiger partial charge in [0, 0.05) is 10.1 Å². The standard InChI is InChI=1S/C12H10BrNO3S/c1-17-12(16)11-10(14-9(15)6-13)7-4-2-3-5-8(7)18-11/h2-5H,6H2,1H3,(H,14,15). The zero-order valence-electron chi connectivity index (χ0n) is 9.53. The van der Waals surface area contributed by atoms with Crippen LogP contribution in [0.1, 0.15) is 9.67 Å². The molecule has 0 aliphatic carbocycles. The molecule has 0 bridgehead atoms. The van der Waals surface area contributed by atoms with Gasteiger partial charge in [-0.15, -0.1) is 11.3 Å². The molecule has 18 heavy (non-hydrogen) atoms. The number of thiophene rings is 1. The number of methoxy groups -OCH3 is 1. The Balaban J connectivity index is 2.57. The van der Waals surface area contributed by atoms with E-state index in [9.17, 15) is 9.59 Å². The van der Waals surface area contributed by atoms with Gasteiger partial charge in [-0.1, -0.05) is 34.1 Å². The molecular formula is C12H10BrNO3S. The van der Waals surface area contributed by atoms with Crippen molar-refractivity contribution in [2.24, 2.45) is 0 Å². The normalized spacial score (nSPS) is 10.3. The highest BCUT2D eigenvalue weighted by Crippen LogP contribution is 2.36. The van der Waals surface area contributed by atoms with Crippen LogP contribution in [0, 0.1) is 0 Å². The zero-order chi connectivity index (χ0) is 13.1. The highest BCUT2D eigenvalue weighted by molar-refractivity contribution is 9.09. The zero-order valence-corrected chi connectivity index (χ0v) is 11.9. The number of fused-ring (bicyclic) bond motifs is 1. The van der Waals surface area contributed by atoms with Gasteiger partial charge in [-0.3, -0.25) is 4.79 Å². The second kappa shape index (κ2) is 5.49. The van der Waals surface area contributed by atoms with E-state index in [1.807, 2.05) is 24.3 Å². The SMILES string of the molecule is COC(=O)c1sc2ccccc2c1NC(=O)CBr. The maximum absolute atomic E-state index is 11.7. The molecule has 1 N–H and O–H groups in total. The van der Waals surface area contributed by atoms with Crippen LogP contribution in [0.25, 0.3) is 10.1 Å². The fourth-order valence-electron chi connectivity index (χ4n) is 1.58. The van der Waals surface area contributed by atoms with Gasteiger partial charge in [-0.2, -0.15) is 0 Å². The number of alkyl halides is 1. The van der Waals surface area contributed by atoms with Gasteiger partial charge in [0.2, 0.25) is 5.91 Å². The molecule has 0 unspecified atom stereocenters. The molecule has 4 nitrogen and oxygen atoms in total. The summed E-state index contributed by atoms with van der Waals surface area (Å²) < 4.78 is 5.66. The van der Waals surface area contributed by atoms with E-state index in [1.54, 1.807) is 0 Å². The number of esters is 1. The Morgan fingerprint density at radius 1 is 1.39 bits per heavy atom. The summed E-state index contributed by atoms with van der Waals surface area (Å²) in [6, 6.07) is 7.51. The minimum atomic E-state index is -0.443. The third-order valence-electron chi connectivity index (χ3n) is 2.35. The van der Waals surface area contributed by atoms with Crippen molar-refractivity contribution in [3.05, 3.63) is 29.1 Å². The van der Waals surface area contributed by atoms with Crippen LogP contribution in [-0.2, 0) is 9.53 Å². The second-order valence-corrected chi connectivity index (χ2v) is 5.09.